The van der Waals surface area contributed by atoms with Crippen LogP contribution in [0.2, 0.25) is 0 Å². The standard InChI is InChI=1S/C21H18NO6P/c23-22(24)18-11-13-19(14-12-18)27-29(25)26-15-20(16-7-3-1-4-8-16)21(28-29)17-9-5-2-6-10-17/h1-14,20-21H,15H2/t20-,21+,29-/m0/s1. The summed E-state index contributed by atoms with van der Waals surface area (Å²) in [5, 5.41) is 10.8. The molecule has 0 aromatic heterocycles. The van der Waals surface area contributed by atoms with Gasteiger partial charge in [0.2, 0.25) is 0 Å². The van der Waals surface area contributed by atoms with Gasteiger partial charge in [-0.3, -0.25) is 19.2 Å². The zero-order valence-corrected chi connectivity index (χ0v) is 16.2. The maximum atomic E-state index is 13.2. The van der Waals surface area contributed by atoms with Crippen molar-refractivity contribution in [1.82, 2.24) is 0 Å². The van der Waals surface area contributed by atoms with Gasteiger partial charge in [-0.2, -0.15) is 0 Å². The molecule has 0 unspecified atom stereocenters. The van der Waals surface area contributed by atoms with Gasteiger partial charge in [0.05, 0.1) is 11.5 Å². The highest BCUT2D eigenvalue weighted by atomic mass is 31.2. The maximum Gasteiger partial charge on any atom is 0.530 e. The molecule has 0 N–H and O–H groups in total. The van der Waals surface area contributed by atoms with E-state index < -0.39 is 18.8 Å². The number of rotatable bonds is 5. The number of phosphoric acid groups is 1. The minimum atomic E-state index is -3.92. The number of nitrogens with zero attached hydrogens (tertiary/aromatic N) is 1. The Balaban J connectivity index is 1.60. The highest BCUT2D eigenvalue weighted by molar-refractivity contribution is 7.49. The highest BCUT2D eigenvalue weighted by Gasteiger charge is 2.43. The quantitative estimate of drug-likeness (QED) is 0.306. The lowest BCUT2D eigenvalue weighted by Crippen LogP contribution is -2.25. The average molecular weight is 411 g/mol. The molecular weight excluding hydrogens is 393 g/mol. The van der Waals surface area contributed by atoms with Crippen LogP contribution in [0.3, 0.4) is 0 Å². The SMILES string of the molecule is O=[N+]([O-])c1ccc(O[P@]2(=O)OC[C@@H](c3ccccc3)[C@@H](c3ccccc3)O2)cc1. The molecule has 1 aliphatic rings. The van der Waals surface area contributed by atoms with E-state index in [-0.39, 0.29) is 24.0 Å². The third-order valence-corrected chi connectivity index (χ3v) is 6.03. The van der Waals surface area contributed by atoms with E-state index in [0.29, 0.717) is 0 Å². The smallest absolute Gasteiger partial charge is 0.404 e. The van der Waals surface area contributed by atoms with Crippen molar-refractivity contribution < 1.29 is 23.1 Å². The Bertz CT molecular complexity index is 1030. The first-order valence-corrected chi connectivity index (χ1v) is 10.5. The fraction of sp³-hybridized carbons (Fsp3) is 0.143. The number of phosphoric ester groups is 1. The van der Waals surface area contributed by atoms with Crippen molar-refractivity contribution in [2.24, 2.45) is 0 Å². The van der Waals surface area contributed by atoms with Crippen LogP contribution >= 0.6 is 7.82 Å². The Kier molecular flexibility index (Phi) is 5.45. The summed E-state index contributed by atoms with van der Waals surface area (Å²) in [6.45, 7) is 0.147. The Morgan fingerprint density at radius 2 is 1.48 bits per heavy atom. The normalized spacial score (nSPS) is 24.0. The van der Waals surface area contributed by atoms with Crippen LogP contribution in [0.25, 0.3) is 0 Å². The summed E-state index contributed by atoms with van der Waals surface area (Å²) in [6.07, 6.45) is -0.531. The Morgan fingerprint density at radius 3 is 2.07 bits per heavy atom. The van der Waals surface area contributed by atoms with Crippen LogP contribution in [0.5, 0.6) is 5.75 Å². The lowest BCUT2D eigenvalue weighted by atomic mass is 9.90. The van der Waals surface area contributed by atoms with E-state index in [1.54, 1.807) is 0 Å². The molecule has 3 aromatic rings. The van der Waals surface area contributed by atoms with Crippen LogP contribution < -0.4 is 4.52 Å². The van der Waals surface area contributed by atoms with E-state index in [4.69, 9.17) is 13.6 Å². The Morgan fingerprint density at radius 1 is 0.897 bits per heavy atom. The second-order valence-electron chi connectivity index (χ2n) is 6.54. The minimum Gasteiger partial charge on any atom is -0.404 e. The molecule has 1 heterocycles. The van der Waals surface area contributed by atoms with Gasteiger partial charge in [-0.25, -0.2) is 4.57 Å². The molecule has 8 heteroatoms. The Hall–Kier alpha value is -2.99. The van der Waals surface area contributed by atoms with Gasteiger partial charge in [-0.1, -0.05) is 60.7 Å². The molecule has 0 bridgehead atoms. The van der Waals surface area contributed by atoms with Gasteiger partial charge in [0.15, 0.2) is 0 Å². The summed E-state index contributed by atoms with van der Waals surface area (Å²) < 4.78 is 30.1. The number of non-ortho nitro benzene ring substituents is 1. The van der Waals surface area contributed by atoms with Gasteiger partial charge in [0.25, 0.3) is 5.69 Å². The zero-order valence-electron chi connectivity index (χ0n) is 15.3. The number of nitro groups is 1. The zero-order chi connectivity index (χ0) is 20.3. The molecule has 0 radical (unpaired) electrons. The monoisotopic (exact) mass is 411 g/mol. The summed E-state index contributed by atoms with van der Waals surface area (Å²) in [5.74, 6) is 0.00467. The first-order valence-electron chi connectivity index (χ1n) is 9.01. The van der Waals surface area contributed by atoms with Crippen molar-refractivity contribution in [3.63, 3.8) is 0 Å². The summed E-state index contributed by atoms with van der Waals surface area (Å²) in [5.41, 5.74) is 1.77. The summed E-state index contributed by atoms with van der Waals surface area (Å²) >= 11 is 0. The average Bonchev–Trinajstić information content (AvgIpc) is 2.75. The lowest BCUT2D eigenvalue weighted by molar-refractivity contribution is -0.384. The molecule has 0 amide bonds. The van der Waals surface area contributed by atoms with Gasteiger partial charge in [0, 0.05) is 18.1 Å². The summed E-state index contributed by atoms with van der Waals surface area (Å²) in [7, 11) is -3.92. The predicted molar refractivity (Wildman–Crippen MR) is 107 cm³/mol. The van der Waals surface area contributed by atoms with Crippen LogP contribution in [0.4, 0.5) is 5.69 Å². The molecule has 0 aliphatic carbocycles. The van der Waals surface area contributed by atoms with E-state index in [0.717, 1.165) is 11.1 Å². The molecule has 1 fully saturated rings. The highest BCUT2D eigenvalue weighted by Crippen LogP contribution is 2.59. The summed E-state index contributed by atoms with van der Waals surface area (Å²) in [6, 6.07) is 24.5. The van der Waals surface area contributed by atoms with E-state index in [2.05, 4.69) is 0 Å². The van der Waals surface area contributed by atoms with Crippen molar-refractivity contribution in [1.29, 1.82) is 0 Å². The molecule has 4 rings (SSSR count). The van der Waals surface area contributed by atoms with Gasteiger partial charge < -0.3 is 4.52 Å². The Labute approximate surface area is 167 Å². The van der Waals surface area contributed by atoms with Crippen molar-refractivity contribution in [3.05, 3.63) is 106 Å². The second kappa shape index (κ2) is 8.17. The van der Waals surface area contributed by atoms with Gasteiger partial charge in [-0.05, 0) is 23.3 Å². The molecule has 3 aromatic carbocycles. The molecule has 3 atom stereocenters. The number of nitro benzene ring substituents is 1. The molecule has 1 saturated heterocycles. The molecule has 7 nitrogen and oxygen atoms in total. The number of hydrogen-bond donors (Lipinski definition) is 0. The van der Waals surface area contributed by atoms with E-state index in [1.807, 2.05) is 60.7 Å². The van der Waals surface area contributed by atoms with Crippen LogP contribution in [0.15, 0.2) is 84.9 Å². The second-order valence-corrected chi connectivity index (χ2v) is 8.09. The van der Waals surface area contributed by atoms with E-state index >= 15 is 0 Å². The lowest BCUT2D eigenvalue weighted by Gasteiger charge is -2.35. The van der Waals surface area contributed by atoms with Crippen molar-refractivity contribution in [2.75, 3.05) is 6.61 Å². The number of hydrogen-bond acceptors (Lipinski definition) is 6. The molecule has 0 spiro atoms. The number of benzene rings is 3. The van der Waals surface area contributed by atoms with Crippen molar-refractivity contribution in [3.8, 4) is 5.75 Å². The molecule has 0 saturated carbocycles. The third-order valence-electron chi connectivity index (χ3n) is 4.64. The molecule has 148 valence electrons. The van der Waals surface area contributed by atoms with E-state index in [9.17, 15) is 14.7 Å². The minimum absolute atomic E-state index is 0.0904. The fourth-order valence-corrected chi connectivity index (χ4v) is 4.64. The van der Waals surface area contributed by atoms with Crippen LogP contribution in [0.1, 0.15) is 23.1 Å². The largest absolute Gasteiger partial charge is 0.530 e. The molecule has 29 heavy (non-hydrogen) atoms. The van der Waals surface area contributed by atoms with Crippen LogP contribution in [0, 0.1) is 10.1 Å². The van der Waals surface area contributed by atoms with Gasteiger partial charge in [-0.15, -0.1) is 0 Å². The van der Waals surface area contributed by atoms with Gasteiger partial charge >= 0.3 is 7.82 Å². The fourth-order valence-electron chi connectivity index (χ4n) is 3.21. The van der Waals surface area contributed by atoms with Crippen LogP contribution in [-0.2, 0) is 13.6 Å². The first kappa shape index (κ1) is 19.3. The third kappa shape index (κ3) is 4.38. The predicted octanol–water partition coefficient (Wildman–Crippen LogP) is 5.65. The topological polar surface area (TPSA) is 87.9 Å². The van der Waals surface area contributed by atoms with E-state index in [1.165, 1.54) is 24.3 Å². The maximum absolute atomic E-state index is 13.2. The van der Waals surface area contributed by atoms with Crippen molar-refractivity contribution >= 4 is 13.5 Å². The summed E-state index contributed by atoms with van der Waals surface area (Å²) in [4.78, 5) is 10.3. The first-order chi connectivity index (χ1) is 14.0. The van der Waals surface area contributed by atoms with Crippen molar-refractivity contribution in [2.45, 2.75) is 12.0 Å². The molecule has 1 aliphatic heterocycles. The van der Waals surface area contributed by atoms with Gasteiger partial charge in [0.1, 0.15) is 11.9 Å². The van der Waals surface area contributed by atoms with Crippen LogP contribution in [-0.4, -0.2) is 11.5 Å². The molecular formula is C21H18NO6P.